The number of thioether (sulfide) groups is 1. The fourth-order valence-corrected chi connectivity index (χ4v) is 4.36. The van der Waals surface area contributed by atoms with Gasteiger partial charge in [0.05, 0.1) is 5.75 Å². The number of esters is 1. The van der Waals surface area contributed by atoms with Gasteiger partial charge in [0.2, 0.25) is 5.13 Å². The van der Waals surface area contributed by atoms with Gasteiger partial charge < -0.3 is 15.0 Å². The number of hydrogen-bond donors (Lipinski definition) is 1. The summed E-state index contributed by atoms with van der Waals surface area (Å²) < 4.78 is 5.75. The largest absolute Gasteiger partial charge is 0.455 e. The first-order chi connectivity index (χ1) is 13.1. The van der Waals surface area contributed by atoms with Gasteiger partial charge in [0, 0.05) is 19.1 Å². The van der Waals surface area contributed by atoms with Crippen molar-refractivity contribution in [3.8, 4) is 0 Å². The second-order valence-electron chi connectivity index (χ2n) is 6.18. The van der Waals surface area contributed by atoms with E-state index in [1.807, 2.05) is 0 Å². The van der Waals surface area contributed by atoms with Crippen LogP contribution in [0.15, 0.2) is 29.6 Å². The molecule has 9 heteroatoms. The fraction of sp³-hybridized carbons (Fsp3) is 0.556. The van der Waals surface area contributed by atoms with Gasteiger partial charge in [0.1, 0.15) is 0 Å². The molecule has 0 saturated heterocycles. The van der Waals surface area contributed by atoms with Crippen LogP contribution in [0.25, 0.3) is 0 Å². The number of carbonyl (C=O) groups excluding carboxylic acids is 2. The van der Waals surface area contributed by atoms with Gasteiger partial charge in [-0.1, -0.05) is 54.5 Å². The number of nitrogens with zero attached hydrogens (tertiary/aromatic N) is 3. The van der Waals surface area contributed by atoms with Crippen molar-refractivity contribution in [3.63, 3.8) is 0 Å². The van der Waals surface area contributed by atoms with Crippen LogP contribution in [-0.2, 0) is 14.3 Å². The van der Waals surface area contributed by atoms with Crippen molar-refractivity contribution in [1.82, 2.24) is 15.1 Å². The maximum atomic E-state index is 12.0. The van der Waals surface area contributed by atoms with E-state index in [2.05, 4.69) is 28.7 Å². The predicted molar refractivity (Wildman–Crippen MR) is 109 cm³/mol. The Morgan fingerprint density at radius 1 is 1.22 bits per heavy atom. The molecule has 1 aromatic rings. The number of anilines is 1. The van der Waals surface area contributed by atoms with E-state index in [1.165, 1.54) is 47.3 Å². The van der Waals surface area contributed by atoms with Crippen molar-refractivity contribution in [2.45, 2.75) is 42.5 Å². The third-order valence-electron chi connectivity index (χ3n) is 4.06. The summed E-state index contributed by atoms with van der Waals surface area (Å²) in [5.41, 5.74) is 0. The van der Waals surface area contributed by atoms with Crippen LogP contribution in [0.1, 0.15) is 32.1 Å². The van der Waals surface area contributed by atoms with Crippen LogP contribution in [0.3, 0.4) is 0 Å². The quantitative estimate of drug-likeness (QED) is 0.341. The van der Waals surface area contributed by atoms with Crippen molar-refractivity contribution < 1.29 is 14.3 Å². The molecule has 1 saturated carbocycles. The SMILES string of the molecule is C=CCN(CC=C)C(=O)COC(=O)CSc1nnc(NC2CCCCC2)s1. The third kappa shape index (κ3) is 7.72. The third-order valence-corrected chi connectivity index (χ3v) is 6.02. The van der Waals surface area contributed by atoms with E-state index >= 15 is 0 Å². The molecule has 0 aromatic carbocycles. The highest BCUT2D eigenvalue weighted by atomic mass is 32.2. The van der Waals surface area contributed by atoms with Gasteiger partial charge >= 0.3 is 5.97 Å². The van der Waals surface area contributed by atoms with Crippen LogP contribution in [0, 0.1) is 0 Å². The van der Waals surface area contributed by atoms with E-state index < -0.39 is 5.97 Å². The first-order valence-corrected chi connectivity index (χ1v) is 10.8. The average molecular weight is 411 g/mol. The van der Waals surface area contributed by atoms with Gasteiger partial charge in [0.25, 0.3) is 5.91 Å². The van der Waals surface area contributed by atoms with Crippen LogP contribution >= 0.6 is 23.1 Å². The summed E-state index contributed by atoms with van der Waals surface area (Å²) in [5.74, 6) is -0.639. The average Bonchev–Trinajstić information content (AvgIpc) is 3.12. The van der Waals surface area contributed by atoms with Crippen LogP contribution < -0.4 is 5.32 Å². The summed E-state index contributed by atoms with van der Waals surface area (Å²) in [6.45, 7) is 7.70. The second-order valence-corrected chi connectivity index (χ2v) is 8.38. The summed E-state index contributed by atoms with van der Waals surface area (Å²) >= 11 is 2.70. The Morgan fingerprint density at radius 3 is 2.59 bits per heavy atom. The van der Waals surface area contributed by atoms with Crippen LogP contribution in [-0.4, -0.2) is 58.5 Å². The highest BCUT2D eigenvalue weighted by Crippen LogP contribution is 2.28. The molecule has 0 spiro atoms. The Morgan fingerprint density at radius 2 is 1.93 bits per heavy atom. The number of ether oxygens (including phenoxy) is 1. The van der Waals surface area contributed by atoms with Crippen LogP contribution in [0.4, 0.5) is 5.13 Å². The number of hydrogen-bond acceptors (Lipinski definition) is 8. The second kappa shape index (κ2) is 11.8. The van der Waals surface area contributed by atoms with Gasteiger partial charge in [-0.25, -0.2) is 0 Å². The standard InChI is InChI=1S/C18H26N4O3S2/c1-3-10-22(11-4-2)15(23)12-25-16(24)13-26-18-21-20-17(27-18)19-14-8-6-5-7-9-14/h3-4,14H,1-2,5-13H2,(H,19,20). The lowest BCUT2D eigenvalue weighted by molar-refractivity contribution is -0.149. The Kier molecular flexibility index (Phi) is 9.34. The topological polar surface area (TPSA) is 84.4 Å². The summed E-state index contributed by atoms with van der Waals surface area (Å²) in [6.07, 6.45) is 9.37. The van der Waals surface area contributed by atoms with Gasteiger partial charge in [-0.15, -0.1) is 23.4 Å². The van der Waals surface area contributed by atoms with Crippen molar-refractivity contribution in [1.29, 1.82) is 0 Å². The molecule has 0 radical (unpaired) electrons. The van der Waals surface area contributed by atoms with E-state index in [4.69, 9.17) is 4.74 Å². The van der Waals surface area contributed by atoms with E-state index in [-0.39, 0.29) is 18.3 Å². The minimum atomic E-state index is -0.456. The zero-order chi connectivity index (χ0) is 19.5. The Hall–Kier alpha value is -1.87. The van der Waals surface area contributed by atoms with Crippen molar-refractivity contribution in [2.75, 3.05) is 30.8 Å². The molecular weight excluding hydrogens is 384 g/mol. The molecule has 1 heterocycles. The lowest BCUT2D eigenvalue weighted by Crippen LogP contribution is -2.35. The first kappa shape index (κ1) is 21.4. The molecule has 2 rings (SSSR count). The molecule has 7 nitrogen and oxygen atoms in total. The van der Waals surface area contributed by atoms with Crippen LogP contribution in [0.2, 0.25) is 0 Å². The lowest BCUT2D eigenvalue weighted by Gasteiger charge is -2.21. The zero-order valence-electron chi connectivity index (χ0n) is 15.4. The molecule has 0 atom stereocenters. The first-order valence-electron chi connectivity index (χ1n) is 9.00. The van der Waals surface area contributed by atoms with Gasteiger partial charge in [-0.2, -0.15) is 0 Å². The molecule has 0 aliphatic heterocycles. The van der Waals surface area contributed by atoms with E-state index in [0.717, 1.165) is 18.0 Å². The Balaban J connectivity index is 1.69. The van der Waals surface area contributed by atoms with E-state index in [1.54, 1.807) is 12.2 Å². The van der Waals surface area contributed by atoms with Crippen molar-refractivity contribution in [3.05, 3.63) is 25.3 Å². The maximum Gasteiger partial charge on any atom is 0.316 e. The fourth-order valence-electron chi connectivity index (χ4n) is 2.73. The predicted octanol–water partition coefficient (Wildman–Crippen LogP) is 3.12. The number of aromatic nitrogens is 2. The molecule has 0 unspecified atom stereocenters. The van der Waals surface area contributed by atoms with Gasteiger partial charge in [0.15, 0.2) is 10.9 Å². The maximum absolute atomic E-state index is 12.0. The normalized spacial score (nSPS) is 14.4. The number of nitrogens with one attached hydrogen (secondary N) is 1. The molecule has 1 aliphatic rings. The molecule has 27 heavy (non-hydrogen) atoms. The summed E-state index contributed by atoms with van der Waals surface area (Å²) in [5, 5.41) is 12.4. The highest BCUT2D eigenvalue weighted by molar-refractivity contribution is 8.01. The molecular formula is C18H26N4O3S2. The Bertz CT molecular complexity index is 634. The number of carbonyl (C=O) groups is 2. The molecule has 1 amide bonds. The molecule has 1 N–H and O–H groups in total. The monoisotopic (exact) mass is 410 g/mol. The highest BCUT2D eigenvalue weighted by Gasteiger charge is 2.17. The van der Waals surface area contributed by atoms with Gasteiger partial charge in [-0.05, 0) is 12.8 Å². The van der Waals surface area contributed by atoms with Gasteiger partial charge in [-0.3, -0.25) is 9.59 Å². The lowest BCUT2D eigenvalue weighted by atomic mass is 9.96. The molecule has 148 valence electrons. The van der Waals surface area contributed by atoms with Crippen molar-refractivity contribution >= 4 is 40.1 Å². The summed E-state index contributed by atoms with van der Waals surface area (Å²) in [4.78, 5) is 25.4. The summed E-state index contributed by atoms with van der Waals surface area (Å²) in [7, 11) is 0. The zero-order valence-corrected chi connectivity index (χ0v) is 17.0. The molecule has 1 fully saturated rings. The molecule has 1 aliphatic carbocycles. The van der Waals surface area contributed by atoms with Crippen LogP contribution in [0.5, 0.6) is 0 Å². The Labute approximate surface area is 168 Å². The number of rotatable bonds is 11. The molecule has 0 bridgehead atoms. The minimum absolute atomic E-state index is 0.0915. The van der Waals surface area contributed by atoms with Crippen molar-refractivity contribution in [2.24, 2.45) is 0 Å². The smallest absolute Gasteiger partial charge is 0.316 e. The van der Waals surface area contributed by atoms with E-state index in [9.17, 15) is 9.59 Å². The van der Waals surface area contributed by atoms with E-state index in [0.29, 0.717) is 23.5 Å². The number of amides is 1. The summed E-state index contributed by atoms with van der Waals surface area (Å²) in [6, 6.07) is 0.467. The molecule has 1 aromatic heterocycles. The minimum Gasteiger partial charge on any atom is -0.455 e.